The van der Waals surface area contributed by atoms with E-state index in [1.54, 1.807) is 12.1 Å². The first-order valence-electron chi connectivity index (χ1n) is 5.39. The number of nitrogens with one attached hydrogen (secondary N) is 1. The summed E-state index contributed by atoms with van der Waals surface area (Å²) >= 11 is 0. The summed E-state index contributed by atoms with van der Waals surface area (Å²) in [6, 6.07) is 16.7. The van der Waals surface area contributed by atoms with Crippen LogP contribution in [-0.2, 0) is 10.3 Å². The molecule has 2 aromatic carbocycles. The monoisotopic (exact) mass is 263 g/mol. The summed E-state index contributed by atoms with van der Waals surface area (Å²) in [7, 11) is -2.40. The van der Waals surface area contributed by atoms with Crippen molar-refractivity contribution in [2.75, 3.05) is 7.05 Å². The second-order valence-corrected chi connectivity index (χ2v) is 5.12. The minimum atomic E-state index is -3.70. The maximum absolute atomic E-state index is 11.2. The molecule has 0 atom stereocenters. The van der Waals surface area contributed by atoms with Crippen LogP contribution in [0, 0.1) is 0 Å². The van der Waals surface area contributed by atoms with Gasteiger partial charge in [0.05, 0.1) is 0 Å². The highest BCUT2D eigenvalue weighted by atomic mass is 32.2. The van der Waals surface area contributed by atoms with E-state index >= 15 is 0 Å². The van der Waals surface area contributed by atoms with E-state index in [-0.39, 0.29) is 5.75 Å². The van der Waals surface area contributed by atoms with E-state index in [4.69, 9.17) is 4.18 Å². The number of hydrogen-bond donors (Lipinski definition) is 1. The molecular formula is C13H13NO3S. The standard InChI is InChI=1S/C13H13NO3S/c1-14-18(15,16)17-13-9-7-12(8-10-13)11-5-3-2-4-6-11/h2-10,14H,1H3. The van der Waals surface area contributed by atoms with Crippen LogP contribution >= 0.6 is 0 Å². The smallest absolute Gasteiger partial charge is 0.371 e. The summed E-state index contributed by atoms with van der Waals surface area (Å²) in [5.41, 5.74) is 2.07. The van der Waals surface area contributed by atoms with Crippen LogP contribution in [0.4, 0.5) is 0 Å². The van der Waals surface area contributed by atoms with Crippen molar-refractivity contribution < 1.29 is 12.6 Å². The zero-order valence-electron chi connectivity index (χ0n) is 9.83. The van der Waals surface area contributed by atoms with Crippen LogP contribution in [0.1, 0.15) is 0 Å². The molecule has 0 bridgehead atoms. The summed E-state index contributed by atoms with van der Waals surface area (Å²) in [6.07, 6.45) is 0. The lowest BCUT2D eigenvalue weighted by Crippen LogP contribution is -2.24. The van der Waals surface area contributed by atoms with Crippen molar-refractivity contribution in [3.05, 3.63) is 54.6 Å². The molecule has 0 fully saturated rings. The Morgan fingerprint density at radius 1 is 0.889 bits per heavy atom. The molecule has 0 radical (unpaired) electrons. The van der Waals surface area contributed by atoms with Gasteiger partial charge in [-0.2, -0.15) is 13.1 Å². The fourth-order valence-corrected chi connectivity index (χ4v) is 1.95. The van der Waals surface area contributed by atoms with Gasteiger partial charge in [0.25, 0.3) is 0 Å². The molecule has 18 heavy (non-hydrogen) atoms. The first-order chi connectivity index (χ1) is 8.61. The summed E-state index contributed by atoms with van der Waals surface area (Å²) in [5.74, 6) is 0.282. The van der Waals surface area contributed by atoms with E-state index in [0.29, 0.717) is 0 Å². The van der Waals surface area contributed by atoms with Gasteiger partial charge in [-0.3, -0.25) is 0 Å². The van der Waals surface area contributed by atoms with Gasteiger partial charge >= 0.3 is 10.3 Å². The molecule has 0 amide bonds. The van der Waals surface area contributed by atoms with Crippen LogP contribution in [0.3, 0.4) is 0 Å². The predicted octanol–water partition coefficient (Wildman–Crippen LogP) is 2.20. The molecule has 1 N–H and O–H groups in total. The Kier molecular flexibility index (Phi) is 3.64. The van der Waals surface area contributed by atoms with E-state index in [2.05, 4.69) is 4.72 Å². The van der Waals surface area contributed by atoms with Crippen molar-refractivity contribution >= 4 is 10.3 Å². The molecule has 0 aromatic heterocycles. The molecule has 0 aliphatic rings. The number of rotatable bonds is 4. The van der Waals surface area contributed by atoms with Gasteiger partial charge in [0.15, 0.2) is 0 Å². The van der Waals surface area contributed by atoms with Gasteiger partial charge in [-0.15, -0.1) is 0 Å². The fraction of sp³-hybridized carbons (Fsp3) is 0.0769. The van der Waals surface area contributed by atoms with Crippen LogP contribution in [0.15, 0.2) is 54.6 Å². The molecule has 4 nitrogen and oxygen atoms in total. The SMILES string of the molecule is CNS(=O)(=O)Oc1ccc(-c2ccccc2)cc1. The third-order valence-corrected chi connectivity index (χ3v) is 3.33. The normalized spacial score (nSPS) is 11.2. The molecule has 5 heteroatoms. The van der Waals surface area contributed by atoms with Crippen molar-refractivity contribution in [2.45, 2.75) is 0 Å². The lowest BCUT2D eigenvalue weighted by Gasteiger charge is -2.06. The quantitative estimate of drug-likeness (QED) is 0.920. The third kappa shape index (κ3) is 3.09. The first-order valence-corrected chi connectivity index (χ1v) is 6.80. The molecule has 0 heterocycles. The second kappa shape index (κ2) is 5.20. The molecule has 0 spiro atoms. The van der Waals surface area contributed by atoms with Gasteiger partial charge in [-0.25, -0.2) is 0 Å². The van der Waals surface area contributed by atoms with Crippen LogP contribution in [0.25, 0.3) is 11.1 Å². The maximum atomic E-state index is 11.2. The third-order valence-electron chi connectivity index (χ3n) is 2.42. The highest BCUT2D eigenvalue weighted by Crippen LogP contribution is 2.22. The van der Waals surface area contributed by atoms with Crippen LogP contribution in [0.2, 0.25) is 0 Å². The van der Waals surface area contributed by atoms with E-state index < -0.39 is 10.3 Å². The minimum Gasteiger partial charge on any atom is -0.371 e. The van der Waals surface area contributed by atoms with E-state index in [0.717, 1.165) is 11.1 Å². The summed E-state index contributed by atoms with van der Waals surface area (Å²) < 4.78 is 29.3. The molecular weight excluding hydrogens is 250 g/mol. The predicted molar refractivity (Wildman–Crippen MR) is 70.5 cm³/mol. The van der Waals surface area contributed by atoms with Crippen molar-refractivity contribution in [1.82, 2.24) is 4.72 Å². The van der Waals surface area contributed by atoms with Gasteiger partial charge in [0.2, 0.25) is 0 Å². The van der Waals surface area contributed by atoms with Gasteiger partial charge in [0.1, 0.15) is 5.75 Å². The van der Waals surface area contributed by atoms with Crippen molar-refractivity contribution in [1.29, 1.82) is 0 Å². The fourth-order valence-electron chi connectivity index (χ4n) is 1.50. The first kappa shape index (κ1) is 12.6. The van der Waals surface area contributed by atoms with Crippen molar-refractivity contribution in [2.24, 2.45) is 0 Å². The summed E-state index contributed by atoms with van der Waals surface area (Å²) in [6.45, 7) is 0. The van der Waals surface area contributed by atoms with Crippen molar-refractivity contribution in [3.63, 3.8) is 0 Å². The summed E-state index contributed by atoms with van der Waals surface area (Å²) in [5, 5.41) is 0. The van der Waals surface area contributed by atoms with Gasteiger partial charge in [0, 0.05) is 7.05 Å². The molecule has 2 rings (SSSR count). The van der Waals surface area contributed by atoms with Crippen LogP contribution in [0.5, 0.6) is 5.75 Å². The van der Waals surface area contributed by atoms with Gasteiger partial charge in [-0.1, -0.05) is 42.5 Å². The van der Waals surface area contributed by atoms with E-state index in [1.165, 1.54) is 7.05 Å². The Morgan fingerprint density at radius 3 is 2.00 bits per heavy atom. The second-order valence-electron chi connectivity index (χ2n) is 3.63. The Morgan fingerprint density at radius 2 is 1.44 bits per heavy atom. The van der Waals surface area contributed by atoms with E-state index in [9.17, 15) is 8.42 Å². The molecule has 94 valence electrons. The molecule has 0 unspecified atom stereocenters. The van der Waals surface area contributed by atoms with Gasteiger partial charge in [-0.05, 0) is 23.3 Å². The van der Waals surface area contributed by atoms with Crippen molar-refractivity contribution in [3.8, 4) is 16.9 Å². The zero-order valence-corrected chi connectivity index (χ0v) is 10.6. The maximum Gasteiger partial charge on any atom is 0.382 e. The Bertz CT molecular complexity index is 606. The average Bonchev–Trinajstić information content (AvgIpc) is 2.40. The molecule has 0 aliphatic heterocycles. The zero-order chi connectivity index (χ0) is 13.0. The molecule has 0 aliphatic carbocycles. The highest BCUT2D eigenvalue weighted by molar-refractivity contribution is 7.85. The average molecular weight is 263 g/mol. The minimum absolute atomic E-state index is 0.282. The molecule has 0 saturated heterocycles. The molecule has 0 saturated carbocycles. The Hall–Kier alpha value is -1.85. The Balaban J connectivity index is 2.21. The van der Waals surface area contributed by atoms with E-state index in [1.807, 2.05) is 42.5 Å². The highest BCUT2D eigenvalue weighted by Gasteiger charge is 2.08. The topological polar surface area (TPSA) is 55.4 Å². The lowest BCUT2D eigenvalue weighted by molar-refractivity contribution is 0.477. The Labute approximate surface area is 106 Å². The van der Waals surface area contributed by atoms with Crippen LogP contribution < -0.4 is 8.91 Å². The molecule has 2 aromatic rings. The number of benzene rings is 2. The number of hydrogen-bond acceptors (Lipinski definition) is 3. The summed E-state index contributed by atoms with van der Waals surface area (Å²) in [4.78, 5) is 0. The van der Waals surface area contributed by atoms with Crippen LogP contribution in [-0.4, -0.2) is 15.5 Å². The lowest BCUT2D eigenvalue weighted by atomic mass is 10.1. The largest absolute Gasteiger partial charge is 0.382 e. The van der Waals surface area contributed by atoms with Gasteiger partial charge < -0.3 is 4.18 Å².